The van der Waals surface area contributed by atoms with Crippen molar-refractivity contribution in [2.45, 2.75) is 47.0 Å². The molecule has 1 rings (SSSR count). The van der Waals surface area contributed by atoms with Crippen LogP contribution >= 0.6 is 15.9 Å². The molecule has 0 aliphatic rings. The third kappa shape index (κ3) is 5.62. The van der Waals surface area contributed by atoms with Gasteiger partial charge in [0.25, 0.3) is 0 Å². The number of rotatable bonds is 8. The van der Waals surface area contributed by atoms with E-state index in [9.17, 15) is 0 Å². The predicted octanol–water partition coefficient (Wildman–Crippen LogP) is 4.44. The number of pyridine rings is 1. The maximum absolute atomic E-state index is 4.28. The average Bonchev–Trinajstić information content (AvgIpc) is 2.37. The molecule has 0 saturated carbocycles. The third-order valence-corrected chi connectivity index (χ3v) is 4.33. The van der Waals surface area contributed by atoms with Gasteiger partial charge < -0.3 is 5.32 Å². The van der Waals surface area contributed by atoms with E-state index in [4.69, 9.17) is 0 Å². The van der Waals surface area contributed by atoms with Crippen molar-refractivity contribution >= 4 is 15.9 Å². The van der Waals surface area contributed by atoms with Gasteiger partial charge in [0.05, 0.1) is 0 Å². The third-order valence-electron chi connectivity index (χ3n) is 3.89. The number of halogens is 1. The zero-order chi connectivity index (χ0) is 14.3. The van der Waals surface area contributed by atoms with Crippen molar-refractivity contribution in [3.63, 3.8) is 0 Å². The molecule has 0 saturated heterocycles. The highest BCUT2D eigenvalue weighted by atomic mass is 79.9. The van der Waals surface area contributed by atoms with E-state index in [1.165, 1.54) is 18.4 Å². The van der Waals surface area contributed by atoms with Gasteiger partial charge in [-0.1, -0.05) is 27.7 Å². The molecule has 0 fully saturated rings. The first-order chi connectivity index (χ1) is 9.01. The second kappa shape index (κ2) is 8.01. The quantitative estimate of drug-likeness (QED) is 0.763. The van der Waals surface area contributed by atoms with E-state index in [2.05, 4.69) is 60.0 Å². The summed E-state index contributed by atoms with van der Waals surface area (Å²) in [6.45, 7) is 11.3. The number of aromatic nitrogens is 1. The lowest BCUT2D eigenvalue weighted by molar-refractivity contribution is 0.242. The van der Waals surface area contributed by atoms with E-state index in [0.717, 1.165) is 24.0 Å². The fourth-order valence-corrected chi connectivity index (χ4v) is 2.84. The minimum Gasteiger partial charge on any atom is -0.316 e. The standard InChI is InChI=1S/C16H27BrN2/c1-5-16(6-2,12-19-9-13(3)4)8-14-7-15(17)11-18-10-14/h7,10-11,13,19H,5-6,8-9,12H2,1-4H3. The molecule has 0 atom stereocenters. The van der Waals surface area contributed by atoms with E-state index < -0.39 is 0 Å². The van der Waals surface area contributed by atoms with Crippen LogP contribution in [0.4, 0.5) is 0 Å². The Morgan fingerprint density at radius 3 is 2.47 bits per heavy atom. The second-order valence-electron chi connectivity index (χ2n) is 5.92. The summed E-state index contributed by atoms with van der Waals surface area (Å²) in [6.07, 6.45) is 7.33. The highest BCUT2D eigenvalue weighted by Gasteiger charge is 2.26. The number of hydrogen-bond donors (Lipinski definition) is 1. The molecule has 0 bridgehead atoms. The minimum atomic E-state index is 0.345. The maximum Gasteiger partial charge on any atom is 0.0410 e. The van der Waals surface area contributed by atoms with Gasteiger partial charge in [-0.3, -0.25) is 4.98 Å². The van der Waals surface area contributed by atoms with Crippen LogP contribution in [-0.4, -0.2) is 18.1 Å². The van der Waals surface area contributed by atoms with Crippen LogP contribution in [0.2, 0.25) is 0 Å². The molecule has 0 unspecified atom stereocenters. The molecule has 1 aromatic rings. The molecular weight excluding hydrogens is 300 g/mol. The Morgan fingerprint density at radius 2 is 1.95 bits per heavy atom. The van der Waals surface area contributed by atoms with Gasteiger partial charge in [-0.25, -0.2) is 0 Å². The summed E-state index contributed by atoms with van der Waals surface area (Å²) in [5.41, 5.74) is 1.67. The Kier molecular flexibility index (Phi) is 7.01. The number of nitrogens with one attached hydrogen (secondary N) is 1. The lowest BCUT2D eigenvalue weighted by Gasteiger charge is -2.32. The largest absolute Gasteiger partial charge is 0.316 e. The van der Waals surface area contributed by atoms with Crippen molar-refractivity contribution in [1.82, 2.24) is 10.3 Å². The summed E-state index contributed by atoms with van der Waals surface area (Å²) in [7, 11) is 0. The zero-order valence-electron chi connectivity index (χ0n) is 12.7. The van der Waals surface area contributed by atoms with Crippen LogP contribution in [0.5, 0.6) is 0 Å². The molecule has 1 aromatic heterocycles. The summed E-state index contributed by atoms with van der Waals surface area (Å²) in [6, 6.07) is 2.19. The van der Waals surface area contributed by atoms with Crippen LogP contribution in [0.15, 0.2) is 22.9 Å². The second-order valence-corrected chi connectivity index (χ2v) is 6.84. The van der Waals surface area contributed by atoms with Crippen LogP contribution in [0.25, 0.3) is 0 Å². The summed E-state index contributed by atoms with van der Waals surface area (Å²) in [5.74, 6) is 0.707. The van der Waals surface area contributed by atoms with E-state index in [-0.39, 0.29) is 0 Å². The van der Waals surface area contributed by atoms with E-state index in [1.807, 2.05) is 12.4 Å². The van der Waals surface area contributed by atoms with Crippen LogP contribution < -0.4 is 5.32 Å². The van der Waals surface area contributed by atoms with E-state index in [0.29, 0.717) is 11.3 Å². The normalized spacial score (nSPS) is 12.1. The van der Waals surface area contributed by atoms with Crippen LogP contribution in [-0.2, 0) is 6.42 Å². The van der Waals surface area contributed by atoms with Gasteiger partial charge in [-0.2, -0.15) is 0 Å². The first-order valence-corrected chi connectivity index (χ1v) is 8.11. The average molecular weight is 327 g/mol. The number of nitrogens with zero attached hydrogens (tertiary/aromatic N) is 1. The molecule has 0 aliphatic carbocycles. The van der Waals surface area contributed by atoms with Crippen molar-refractivity contribution in [3.05, 3.63) is 28.5 Å². The molecule has 0 radical (unpaired) electrons. The molecule has 0 aromatic carbocycles. The zero-order valence-corrected chi connectivity index (χ0v) is 14.3. The Balaban J connectivity index is 2.69. The molecule has 108 valence electrons. The van der Waals surface area contributed by atoms with Crippen molar-refractivity contribution in [3.8, 4) is 0 Å². The van der Waals surface area contributed by atoms with Gasteiger partial charge in [-0.15, -0.1) is 0 Å². The Bertz CT molecular complexity index is 373. The first-order valence-electron chi connectivity index (χ1n) is 7.31. The van der Waals surface area contributed by atoms with Gasteiger partial charge in [0.2, 0.25) is 0 Å². The van der Waals surface area contributed by atoms with E-state index in [1.54, 1.807) is 0 Å². The molecule has 0 amide bonds. The summed E-state index contributed by atoms with van der Waals surface area (Å²) in [4.78, 5) is 4.28. The molecule has 0 aliphatic heterocycles. The minimum absolute atomic E-state index is 0.345. The number of hydrogen-bond acceptors (Lipinski definition) is 2. The SMILES string of the molecule is CCC(CC)(CNCC(C)C)Cc1cncc(Br)c1. The molecule has 19 heavy (non-hydrogen) atoms. The first kappa shape index (κ1) is 16.6. The lowest BCUT2D eigenvalue weighted by Crippen LogP contribution is -2.37. The van der Waals surface area contributed by atoms with E-state index >= 15 is 0 Å². The Hall–Kier alpha value is -0.410. The van der Waals surface area contributed by atoms with Crippen molar-refractivity contribution in [2.24, 2.45) is 11.3 Å². The van der Waals surface area contributed by atoms with Crippen LogP contribution in [0.3, 0.4) is 0 Å². The highest BCUT2D eigenvalue weighted by Crippen LogP contribution is 2.30. The van der Waals surface area contributed by atoms with Gasteiger partial charge in [0.1, 0.15) is 0 Å². The Morgan fingerprint density at radius 1 is 1.26 bits per heavy atom. The van der Waals surface area contributed by atoms with Gasteiger partial charge in [-0.05, 0) is 64.7 Å². The molecule has 1 heterocycles. The highest BCUT2D eigenvalue weighted by molar-refractivity contribution is 9.10. The van der Waals surface area contributed by atoms with Crippen molar-refractivity contribution in [2.75, 3.05) is 13.1 Å². The van der Waals surface area contributed by atoms with Gasteiger partial charge in [0.15, 0.2) is 0 Å². The molecular formula is C16H27BrN2. The van der Waals surface area contributed by atoms with Crippen molar-refractivity contribution < 1.29 is 0 Å². The fourth-order valence-electron chi connectivity index (χ4n) is 2.42. The van der Waals surface area contributed by atoms with Gasteiger partial charge in [0, 0.05) is 23.4 Å². The summed E-state index contributed by atoms with van der Waals surface area (Å²) >= 11 is 3.51. The maximum atomic E-state index is 4.28. The smallest absolute Gasteiger partial charge is 0.0410 e. The lowest BCUT2D eigenvalue weighted by atomic mass is 9.77. The topological polar surface area (TPSA) is 24.9 Å². The van der Waals surface area contributed by atoms with Crippen LogP contribution in [0.1, 0.15) is 46.1 Å². The summed E-state index contributed by atoms with van der Waals surface area (Å²) < 4.78 is 1.07. The fraction of sp³-hybridized carbons (Fsp3) is 0.688. The van der Waals surface area contributed by atoms with Gasteiger partial charge >= 0.3 is 0 Å². The molecule has 0 spiro atoms. The monoisotopic (exact) mass is 326 g/mol. The summed E-state index contributed by atoms with van der Waals surface area (Å²) in [5, 5.41) is 3.63. The molecule has 2 nitrogen and oxygen atoms in total. The Labute approximate surface area is 126 Å². The molecule has 3 heteroatoms. The van der Waals surface area contributed by atoms with Crippen molar-refractivity contribution in [1.29, 1.82) is 0 Å². The molecule has 1 N–H and O–H groups in total. The predicted molar refractivity (Wildman–Crippen MR) is 86.4 cm³/mol. The van der Waals surface area contributed by atoms with Crippen LogP contribution in [0, 0.1) is 11.3 Å².